The van der Waals surface area contributed by atoms with Crippen molar-refractivity contribution in [2.24, 2.45) is 0 Å². The summed E-state index contributed by atoms with van der Waals surface area (Å²) in [5, 5.41) is 10.1. The highest BCUT2D eigenvalue weighted by molar-refractivity contribution is 7.70. The summed E-state index contributed by atoms with van der Waals surface area (Å²) >= 11 is 6.54. The number of imide groups is 1. The van der Waals surface area contributed by atoms with E-state index < -0.39 is 19.1 Å². The first-order chi connectivity index (χ1) is 30.6. The molecule has 1 atom stereocenters. The SMILES string of the molecule is CCc1cc(Nc2ncc(Cl)c(Nc3ccccc3P(C)(C)=O)n2)c(OC)cc1N1CCC(N2CCN(C(C)(C)C#Cc3cccc4c3CN(C3CCC(=O)NC3=O)C4=O)CC2)CC1. The first-order valence-electron chi connectivity index (χ1n) is 22.1. The topological polar surface area (TPSA) is 152 Å². The summed E-state index contributed by atoms with van der Waals surface area (Å²) in [7, 11) is -0.893. The molecule has 4 aromatic rings. The Kier molecular flexibility index (Phi) is 13.1. The van der Waals surface area contributed by atoms with Crippen LogP contribution in [0.1, 0.15) is 73.5 Å². The Morgan fingerprint density at radius 2 is 1.70 bits per heavy atom. The Morgan fingerprint density at radius 1 is 0.953 bits per heavy atom. The van der Waals surface area contributed by atoms with E-state index in [1.807, 2.05) is 36.4 Å². The molecule has 1 unspecified atom stereocenters. The molecular formula is C48H57ClN9O5P. The Hall–Kier alpha value is -5.45. The molecule has 0 radical (unpaired) electrons. The third kappa shape index (κ3) is 9.50. The van der Waals surface area contributed by atoms with Crippen LogP contribution in [0.25, 0.3) is 0 Å². The predicted molar refractivity (Wildman–Crippen MR) is 253 cm³/mol. The lowest BCUT2D eigenvalue weighted by atomic mass is 9.97. The Balaban J connectivity index is 0.874. The second-order valence-electron chi connectivity index (χ2n) is 17.8. The molecule has 3 fully saturated rings. The molecule has 0 bridgehead atoms. The molecule has 5 heterocycles. The lowest BCUT2D eigenvalue weighted by molar-refractivity contribution is -0.136. The van der Waals surface area contributed by atoms with E-state index in [4.69, 9.17) is 21.3 Å². The Bertz CT molecular complexity index is 2570. The van der Waals surface area contributed by atoms with Gasteiger partial charge in [0.15, 0.2) is 5.82 Å². The van der Waals surface area contributed by atoms with Gasteiger partial charge in [0.25, 0.3) is 5.91 Å². The zero-order valence-electron chi connectivity index (χ0n) is 37.5. The van der Waals surface area contributed by atoms with Gasteiger partial charge in [0.05, 0.1) is 30.2 Å². The number of aromatic nitrogens is 2. The zero-order chi connectivity index (χ0) is 45.3. The number of nitrogens with zero attached hydrogens (tertiary/aromatic N) is 6. The number of piperazine rings is 1. The van der Waals surface area contributed by atoms with E-state index in [2.05, 4.69) is 80.4 Å². The lowest BCUT2D eigenvalue weighted by Crippen LogP contribution is -2.57. The fourth-order valence-electron chi connectivity index (χ4n) is 9.39. The maximum Gasteiger partial charge on any atom is 0.255 e. The third-order valence-corrected chi connectivity index (χ3v) is 14.8. The molecule has 64 heavy (non-hydrogen) atoms. The van der Waals surface area contributed by atoms with E-state index in [1.54, 1.807) is 37.6 Å². The van der Waals surface area contributed by atoms with Crippen LogP contribution in [0.15, 0.2) is 60.8 Å². The summed E-state index contributed by atoms with van der Waals surface area (Å²) < 4.78 is 18.9. The number of benzene rings is 3. The molecule has 4 aliphatic rings. The summed E-state index contributed by atoms with van der Waals surface area (Å²) in [6, 6.07) is 17.1. The van der Waals surface area contributed by atoms with Gasteiger partial charge in [-0.2, -0.15) is 4.98 Å². The van der Waals surface area contributed by atoms with Gasteiger partial charge in [-0.3, -0.25) is 29.5 Å². The van der Waals surface area contributed by atoms with Crippen LogP contribution >= 0.6 is 18.7 Å². The number of aryl methyl sites for hydroxylation is 1. The van der Waals surface area contributed by atoms with Gasteiger partial charge in [0.2, 0.25) is 17.8 Å². The van der Waals surface area contributed by atoms with E-state index in [0.717, 1.165) is 80.6 Å². The minimum atomic E-state index is -2.56. The molecule has 16 heteroatoms. The average molecular weight is 906 g/mol. The summed E-state index contributed by atoms with van der Waals surface area (Å²) in [5.41, 5.74) is 5.64. The van der Waals surface area contributed by atoms with Crippen LogP contribution in [0.3, 0.4) is 0 Å². The number of piperidine rings is 2. The number of hydrogen-bond donors (Lipinski definition) is 3. The molecule has 0 saturated carbocycles. The van der Waals surface area contributed by atoms with Crippen molar-refractivity contribution in [2.45, 2.75) is 77.0 Å². The molecule has 3 aromatic carbocycles. The van der Waals surface area contributed by atoms with Crippen molar-refractivity contribution in [2.75, 3.05) is 75.2 Å². The maximum atomic E-state index is 13.4. The van der Waals surface area contributed by atoms with Crippen molar-refractivity contribution >= 4 is 70.6 Å². The number of carbonyl (C=O) groups excluding carboxylic acids is 3. The highest BCUT2D eigenvalue weighted by Gasteiger charge is 2.40. The third-order valence-electron chi connectivity index (χ3n) is 13.0. The minimum Gasteiger partial charge on any atom is -0.494 e. The van der Waals surface area contributed by atoms with Crippen LogP contribution in [0.4, 0.5) is 28.8 Å². The molecule has 0 aliphatic carbocycles. The molecular weight excluding hydrogens is 849 g/mol. The van der Waals surface area contributed by atoms with Crippen LogP contribution < -0.4 is 30.9 Å². The number of hydrogen-bond acceptors (Lipinski definition) is 12. The number of amides is 3. The van der Waals surface area contributed by atoms with Crippen LogP contribution in [0.5, 0.6) is 5.75 Å². The molecule has 0 spiro atoms. The van der Waals surface area contributed by atoms with Gasteiger partial charge < -0.3 is 29.7 Å². The minimum absolute atomic E-state index is 0.189. The standard InChI is InChI=1S/C48H57ClN9O5P/c1-7-31-27-38(52-47-50-29-36(49)44(54-47)51-37-13-8-9-14-42(37)64(5,6)62)41(63-4)28-40(31)56-21-18-33(19-22-56)55-23-25-57(26-24-55)48(2,3)20-17-32-11-10-12-34-35(32)30-58(46(34)61)39-15-16-43(59)53-45(39)60/h8-14,27-29,33,39H,7,15-16,18-19,21-26,30H2,1-6H3,(H,53,59,60)(H2,50,51,52,54). The molecule has 8 rings (SSSR count). The van der Waals surface area contributed by atoms with Gasteiger partial charge in [-0.05, 0) is 94.3 Å². The van der Waals surface area contributed by atoms with E-state index in [0.29, 0.717) is 52.8 Å². The number of para-hydroxylation sites is 1. The van der Waals surface area contributed by atoms with Crippen LogP contribution in [0.2, 0.25) is 5.02 Å². The van der Waals surface area contributed by atoms with Gasteiger partial charge in [0, 0.05) is 86.5 Å². The molecule has 3 N–H and O–H groups in total. The number of ether oxygens (including phenoxy) is 1. The van der Waals surface area contributed by atoms with Crippen LogP contribution in [0, 0.1) is 11.8 Å². The summed E-state index contributed by atoms with van der Waals surface area (Å²) in [6.07, 6.45) is 5.05. The predicted octanol–water partition coefficient (Wildman–Crippen LogP) is 6.61. The largest absolute Gasteiger partial charge is 0.494 e. The summed E-state index contributed by atoms with van der Waals surface area (Å²) in [5.74, 6) is 7.49. The van der Waals surface area contributed by atoms with E-state index in [1.165, 1.54) is 11.3 Å². The molecule has 3 saturated heterocycles. The van der Waals surface area contributed by atoms with Gasteiger partial charge in [-0.15, -0.1) is 0 Å². The highest BCUT2D eigenvalue weighted by Crippen LogP contribution is 2.40. The van der Waals surface area contributed by atoms with Crippen molar-refractivity contribution in [1.29, 1.82) is 0 Å². The zero-order valence-corrected chi connectivity index (χ0v) is 39.1. The number of halogens is 1. The van der Waals surface area contributed by atoms with Crippen molar-refractivity contribution in [3.8, 4) is 17.6 Å². The van der Waals surface area contributed by atoms with Gasteiger partial charge >= 0.3 is 0 Å². The quantitative estimate of drug-likeness (QED) is 0.0844. The van der Waals surface area contributed by atoms with E-state index in [9.17, 15) is 18.9 Å². The first-order valence-corrected chi connectivity index (χ1v) is 25.1. The average Bonchev–Trinajstić information content (AvgIpc) is 3.62. The Labute approximate surface area is 380 Å². The van der Waals surface area contributed by atoms with Crippen LogP contribution in [-0.2, 0) is 27.1 Å². The first kappa shape index (κ1) is 45.1. The normalized spacial score (nSPS) is 18.9. The van der Waals surface area contributed by atoms with Gasteiger partial charge in [-0.25, -0.2) is 4.98 Å². The fourth-order valence-corrected chi connectivity index (χ4v) is 10.7. The van der Waals surface area contributed by atoms with Gasteiger partial charge in [-0.1, -0.05) is 48.6 Å². The van der Waals surface area contributed by atoms with Crippen molar-refractivity contribution in [3.05, 3.63) is 88.1 Å². The number of rotatable bonds is 11. The van der Waals surface area contributed by atoms with E-state index >= 15 is 0 Å². The second-order valence-corrected chi connectivity index (χ2v) is 21.4. The number of fused-ring (bicyclic) bond motifs is 1. The number of anilines is 5. The number of nitrogens with one attached hydrogen (secondary N) is 3. The lowest BCUT2D eigenvalue weighted by Gasteiger charge is -2.46. The fraction of sp³-hybridized carbons (Fsp3) is 0.438. The van der Waals surface area contributed by atoms with Crippen molar-refractivity contribution in [3.63, 3.8) is 0 Å². The highest BCUT2D eigenvalue weighted by atomic mass is 35.5. The monoisotopic (exact) mass is 905 g/mol. The molecule has 336 valence electrons. The van der Waals surface area contributed by atoms with Crippen molar-refractivity contribution in [1.82, 2.24) is 30.0 Å². The van der Waals surface area contributed by atoms with Crippen molar-refractivity contribution < 1.29 is 23.7 Å². The molecule has 3 amide bonds. The number of carbonyl (C=O) groups is 3. The maximum absolute atomic E-state index is 13.4. The molecule has 1 aromatic heterocycles. The van der Waals surface area contributed by atoms with Gasteiger partial charge in [0.1, 0.15) is 24.0 Å². The molecule has 14 nitrogen and oxygen atoms in total. The van der Waals surface area contributed by atoms with E-state index in [-0.39, 0.29) is 23.8 Å². The summed E-state index contributed by atoms with van der Waals surface area (Å²) in [6.45, 7) is 15.9. The second kappa shape index (κ2) is 18.6. The number of methoxy groups -OCH3 is 1. The smallest absolute Gasteiger partial charge is 0.255 e. The summed E-state index contributed by atoms with van der Waals surface area (Å²) in [4.78, 5) is 56.0. The molecule has 4 aliphatic heterocycles. The Morgan fingerprint density at radius 3 is 2.41 bits per heavy atom. The van der Waals surface area contributed by atoms with Crippen LogP contribution in [-0.4, -0.2) is 120 Å².